The number of likely N-dealkylation sites (tertiary alicyclic amines) is 1. The van der Waals surface area contributed by atoms with Crippen LogP contribution in [0.1, 0.15) is 33.6 Å². The molecule has 19 heavy (non-hydrogen) atoms. The van der Waals surface area contributed by atoms with Gasteiger partial charge in [-0.15, -0.1) is 0 Å². The molecule has 2 N–H and O–H groups in total. The number of hydrogen-bond donors (Lipinski definition) is 2. The number of aliphatic carboxylic acids is 1. The van der Waals surface area contributed by atoms with Crippen LogP contribution >= 0.6 is 0 Å². The van der Waals surface area contributed by atoms with Gasteiger partial charge < -0.3 is 20.1 Å². The molecule has 0 bridgehead atoms. The van der Waals surface area contributed by atoms with Crippen LogP contribution in [0.15, 0.2) is 0 Å². The summed E-state index contributed by atoms with van der Waals surface area (Å²) in [6.45, 7) is 5.55. The van der Waals surface area contributed by atoms with Crippen LogP contribution in [0.2, 0.25) is 0 Å². The second-order valence-corrected chi connectivity index (χ2v) is 5.48. The van der Waals surface area contributed by atoms with Gasteiger partial charge in [-0.2, -0.15) is 0 Å². The molecule has 1 aliphatic heterocycles. The lowest BCUT2D eigenvalue weighted by atomic mass is 10.2. The van der Waals surface area contributed by atoms with Gasteiger partial charge in [-0.3, -0.25) is 4.79 Å². The van der Waals surface area contributed by atoms with Crippen molar-refractivity contribution in [1.82, 2.24) is 10.2 Å². The number of carbonyl (C=O) groups is 3. The van der Waals surface area contributed by atoms with Crippen LogP contribution in [0.5, 0.6) is 0 Å². The number of carboxylic acid groups (broad SMARTS) is 1. The molecule has 1 saturated heterocycles. The van der Waals surface area contributed by atoms with Crippen molar-refractivity contribution in [3.63, 3.8) is 0 Å². The first-order chi connectivity index (χ1) is 8.69. The normalized spacial score (nSPS) is 17.2. The van der Waals surface area contributed by atoms with Crippen molar-refractivity contribution in [1.29, 1.82) is 0 Å². The number of alkyl carbamates (subject to hydrolysis) is 1. The van der Waals surface area contributed by atoms with Gasteiger partial charge >= 0.3 is 12.1 Å². The van der Waals surface area contributed by atoms with E-state index in [0.29, 0.717) is 13.0 Å². The van der Waals surface area contributed by atoms with Gasteiger partial charge in [0, 0.05) is 13.0 Å². The zero-order chi connectivity index (χ0) is 14.6. The van der Waals surface area contributed by atoms with Crippen molar-refractivity contribution in [3.8, 4) is 0 Å². The SMILES string of the molecule is CC(C)(C)OC(=O)NC(CN1CCCC1=O)C(=O)O. The molecular weight excluding hydrogens is 252 g/mol. The number of rotatable bonds is 4. The van der Waals surface area contributed by atoms with Gasteiger partial charge in [0.1, 0.15) is 11.6 Å². The van der Waals surface area contributed by atoms with Crippen molar-refractivity contribution in [3.05, 3.63) is 0 Å². The Morgan fingerprint density at radius 2 is 2.11 bits per heavy atom. The minimum absolute atomic E-state index is 0.0343. The highest BCUT2D eigenvalue weighted by molar-refractivity contribution is 5.82. The molecule has 108 valence electrons. The Labute approximate surface area is 111 Å². The molecule has 1 heterocycles. The molecule has 0 saturated carbocycles. The molecule has 1 unspecified atom stereocenters. The summed E-state index contributed by atoms with van der Waals surface area (Å²) in [6.07, 6.45) is 0.350. The molecule has 1 fully saturated rings. The van der Waals surface area contributed by atoms with Crippen molar-refractivity contribution in [2.24, 2.45) is 0 Å². The van der Waals surface area contributed by atoms with E-state index < -0.39 is 23.7 Å². The smallest absolute Gasteiger partial charge is 0.408 e. The highest BCUT2D eigenvalue weighted by Gasteiger charge is 2.29. The summed E-state index contributed by atoms with van der Waals surface area (Å²) in [5.41, 5.74) is -0.698. The van der Waals surface area contributed by atoms with Gasteiger partial charge in [0.25, 0.3) is 0 Å². The van der Waals surface area contributed by atoms with E-state index in [1.807, 2.05) is 0 Å². The van der Waals surface area contributed by atoms with Gasteiger partial charge in [0.15, 0.2) is 0 Å². The van der Waals surface area contributed by atoms with Crippen LogP contribution in [0, 0.1) is 0 Å². The topological polar surface area (TPSA) is 95.9 Å². The zero-order valence-corrected chi connectivity index (χ0v) is 11.4. The molecular formula is C12H20N2O5. The van der Waals surface area contributed by atoms with E-state index >= 15 is 0 Å². The minimum Gasteiger partial charge on any atom is -0.480 e. The second-order valence-electron chi connectivity index (χ2n) is 5.48. The third-order valence-electron chi connectivity index (χ3n) is 2.56. The Kier molecular flexibility index (Phi) is 4.74. The summed E-state index contributed by atoms with van der Waals surface area (Å²) in [6, 6.07) is -1.16. The maximum atomic E-state index is 11.5. The van der Waals surface area contributed by atoms with Gasteiger partial charge in [-0.1, -0.05) is 0 Å². The first kappa shape index (κ1) is 15.3. The second kappa shape index (κ2) is 5.90. The number of carbonyl (C=O) groups excluding carboxylic acids is 2. The van der Waals surface area contributed by atoms with E-state index in [1.54, 1.807) is 20.8 Å². The number of nitrogens with zero attached hydrogens (tertiary/aromatic N) is 1. The molecule has 1 rings (SSSR count). The van der Waals surface area contributed by atoms with E-state index in [4.69, 9.17) is 9.84 Å². The average molecular weight is 272 g/mol. The van der Waals surface area contributed by atoms with Crippen LogP contribution in [-0.4, -0.2) is 52.7 Å². The number of hydrogen-bond acceptors (Lipinski definition) is 4. The summed E-state index contributed by atoms with van der Waals surface area (Å²) in [7, 11) is 0. The molecule has 0 aromatic heterocycles. The predicted octanol–water partition coefficient (Wildman–Crippen LogP) is 0.587. The van der Waals surface area contributed by atoms with Gasteiger partial charge in [-0.25, -0.2) is 9.59 Å². The Bertz CT molecular complexity index is 375. The molecule has 0 aromatic carbocycles. The Balaban J connectivity index is 2.56. The van der Waals surface area contributed by atoms with Crippen LogP contribution in [-0.2, 0) is 14.3 Å². The number of amides is 2. The molecule has 1 atom stereocenters. The summed E-state index contributed by atoms with van der Waals surface area (Å²) in [5.74, 6) is -1.28. The third-order valence-corrected chi connectivity index (χ3v) is 2.56. The summed E-state index contributed by atoms with van der Waals surface area (Å²) in [4.78, 5) is 35.5. The van der Waals surface area contributed by atoms with Gasteiger partial charge in [-0.05, 0) is 27.2 Å². The number of ether oxygens (including phenoxy) is 1. The standard InChI is InChI=1S/C12H20N2O5/c1-12(2,3)19-11(18)13-8(10(16)17)7-14-6-4-5-9(14)15/h8H,4-7H2,1-3H3,(H,13,18)(H,16,17). The van der Waals surface area contributed by atoms with Crippen LogP contribution < -0.4 is 5.32 Å². The quantitative estimate of drug-likeness (QED) is 0.780. The predicted molar refractivity (Wildman–Crippen MR) is 66.6 cm³/mol. The number of nitrogens with one attached hydrogen (secondary N) is 1. The first-order valence-electron chi connectivity index (χ1n) is 6.19. The van der Waals surface area contributed by atoms with Crippen molar-refractivity contribution in [2.45, 2.75) is 45.3 Å². The molecule has 7 heteroatoms. The van der Waals surface area contributed by atoms with Gasteiger partial charge in [0.2, 0.25) is 5.91 Å². The van der Waals surface area contributed by atoms with Crippen LogP contribution in [0.4, 0.5) is 4.79 Å². The summed E-state index contributed by atoms with van der Waals surface area (Å²) >= 11 is 0. The summed E-state index contributed by atoms with van der Waals surface area (Å²) < 4.78 is 4.99. The number of carboxylic acids is 1. The molecule has 7 nitrogen and oxygen atoms in total. The fourth-order valence-corrected chi connectivity index (χ4v) is 1.75. The molecule has 2 amide bonds. The van der Waals surface area contributed by atoms with Crippen molar-refractivity contribution < 1.29 is 24.2 Å². The fourth-order valence-electron chi connectivity index (χ4n) is 1.75. The van der Waals surface area contributed by atoms with Crippen LogP contribution in [0.25, 0.3) is 0 Å². The Morgan fingerprint density at radius 3 is 2.53 bits per heavy atom. The van der Waals surface area contributed by atoms with Crippen LogP contribution in [0.3, 0.4) is 0 Å². The average Bonchev–Trinajstić information content (AvgIpc) is 2.60. The molecule has 0 spiro atoms. The minimum atomic E-state index is -1.19. The highest BCUT2D eigenvalue weighted by atomic mass is 16.6. The Morgan fingerprint density at radius 1 is 1.47 bits per heavy atom. The molecule has 0 radical (unpaired) electrons. The third kappa shape index (κ3) is 5.15. The van der Waals surface area contributed by atoms with Crippen molar-refractivity contribution in [2.75, 3.05) is 13.1 Å². The lowest BCUT2D eigenvalue weighted by Gasteiger charge is -2.24. The maximum absolute atomic E-state index is 11.5. The largest absolute Gasteiger partial charge is 0.480 e. The molecule has 0 aliphatic carbocycles. The lowest BCUT2D eigenvalue weighted by Crippen LogP contribution is -2.50. The van der Waals surface area contributed by atoms with E-state index in [1.165, 1.54) is 4.90 Å². The zero-order valence-electron chi connectivity index (χ0n) is 11.4. The molecule has 1 aliphatic rings. The van der Waals surface area contributed by atoms with E-state index in [2.05, 4.69) is 5.32 Å². The van der Waals surface area contributed by atoms with E-state index in [0.717, 1.165) is 6.42 Å². The van der Waals surface area contributed by atoms with E-state index in [9.17, 15) is 14.4 Å². The Hall–Kier alpha value is -1.79. The highest BCUT2D eigenvalue weighted by Crippen LogP contribution is 2.11. The van der Waals surface area contributed by atoms with Crippen molar-refractivity contribution >= 4 is 18.0 Å². The summed E-state index contributed by atoms with van der Waals surface area (Å²) in [5, 5.41) is 11.3. The van der Waals surface area contributed by atoms with Gasteiger partial charge in [0.05, 0.1) is 6.54 Å². The lowest BCUT2D eigenvalue weighted by molar-refractivity contribution is -0.140. The fraction of sp³-hybridized carbons (Fsp3) is 0.750. The molecule has 0 aromatic rings. The van der Waals surface area contributed by atoms with E-state index in [-0.39, 0.29) is 12.5 Å². The first-order valence-corrected chi connectivity index (χ1v) is 6.19. The maximum Gasteiger partial charge on any atom is 0.408 e. The monoisotopic (exact) mass is 272 g/mol.